The highest BCUT2D eigenvalue weighted by molar-refractivity contribution is 7.20. The van der Waals surface area contributed by atoms with Crippen LogP contribution >= 0.6 is 11.3 Å². The van der Waals surface area contributed by atoms with Crippen molar-refractivity contribution in [2.24, 2.45) is 0 Å². The molecular weight excluding hydrogens is 505 g/mol. The molecule has 1 aliphatic rings. The first-order chi connectivity index (χ1) is 18.4. The average molecular weight is 530 g/mol. The second-order valence-corrected chi connectivity index (χ2v) is 10.4. The standard InChI is InChI=1S/C27H24FN7O2S/c1-15-18(7-8-19(28)25(15)30-27(37)23-11-16-5-3-4-6-22(16)38-23)20-13-21(26(36)32-31-20)29-24-12-17-14-34(2)9-10-35(17)33-24/h3-8,11-13H,9-10,14H2,1-2H3,(H,30,37)(H,32,36)(H,29,31,33). The molecule has 0 bridgehead atoms. The molecule has 1 aliphatic heterocycles. The number of hydrogen-bond donors (Lipinski definition) is 3. The molecule has 11 heteroatoms. The van der Waals surface area contributed by atoms with Crippen molar-refractivity contribution in [2.75, 3.05) is 24.2 Å². The number of carbonyl (C=O) groups excluding carboxylic acids is 1. The zero-order chi connectivity index (χ0) is 26.4. The third kappa shape index (κ3) is 4.46. The lowest BCUT2D eigenvalue weighted by Gasteiger charge is -2.22. The molecule has 0 radical (unpaired) electrons. The van der Waals surface area contributed by atoms with E-state index in [2.05, 4.69) is 30.8 Å². The van der Waals surface area contributed by atoms with E-state index in [0.29, 0.717) is 27.5 Å². The van der Waals surface area contributed by atoms with E-state index >= 15 is 0 Å². The van der Waals surface area contributed by atoms with Crippen LogP contribution in [-0.4, -0.2) is 44.4 Å². The van der Waals surface area contributed by atoms with Gasteiger partial charge in [0.1, 0.15) is 11.5 Å². The van der Waals surface area contributed by atoms with Crippen LogP contribution < -0.4 is 16.2 Å². The number of fused-ring (bicyclic) bond motifs is 2. The Labute approximate surface area is 220 Å². The maximum atomic E-state index is 14.9. The number of thiophene rings is 1. The van der Waals surface area contributed by atoms with Gasteiger partial charge < -0.3 is 10.6 Å². The molecule has 192 valence electrons. The summed E-state index contributed by atoms with van der Waals surface area (Å²) >= 11 is 1.35. The largest absolute Gasteiger partial charge is 0.334 e. The first-order valence-corrected chi connectivity index (χ1v) is 12.9. The van der Waals surface area contributed by atoms with E-state index in [1.807, 2.05) is 42.1 Å². The van der Waals surface area contributed by atoms with Gasteiger partial charge in [-0.1, -0.05) is 18.2 Å². The SMILES string of the molecule is Cc1c(-c2cc(Nc3cc4n(n3)CCN(C)C4)c(=O)[nH]n2)ccc(F)c1NC(=O)c1cc2ccccc2s1. The van der Waals surface area contributed by atoms with Crippen LogP contribution in [0.4, 0.5) is 21.6 Å². The summed E-state index contributed by atoms with van der Waals surface area (Å²) in [4.78, 5) is 28.2. The first-order valence-electron chi connectivity index (χ1n) is 12.1. The molecule has 38 heavy (non-hydrogen) atoms. The first kappa shape index (κ1) is 24.0. The van der Waals surface area contributed by atoms with Crippen LogP contribution in [0.1, 0.15) is 20.9 Å². The van der Waals surface area contributed by atoms with Gasteiger partial charge in [-0.3, -0.25) is 19.2 Å². The number of H-pyrrole nitrogens is 1. The Morgan fingerprint density at radius 2 is 1.97 bits per heavy atom. The monoisotopic (exact) mass is 529 g/mol. The Balaban J connectivity index is 1.29. The average Bonchev–Trinajstić information content (AvgIpc) is 3.51. The Hall–Kier alpha value is -4.35. The van der Waals surface area contributed by atoms with Gasteiger partial charge >= 0.3 is 0 Å². The molecular formula is C27H24FN7O2S. The van der Waals surface area contributed by atoms with Gasteiger partial charge in [0.05, 0.1) is 28.5 Å². The van der Waals surface area contributed by atoms with Crippen LogP contribution in [0.5, 0.6) is 0 Å². The summed E-state index contributed by atoms with van der Waals surface area (Å²) < 4.78 is 17.8. The number of aromatic amines is 1. The van der Waals surface area contributed by atoms with Gasteiger partial charge in [0.15, 0.2) is 5.82 Å². The van der Waals surface area contributed by atoms with E-state index in [-0.39, 0.29) is 11.4 Å². The van der Waals surface area contributed by atoms with Gasteiger partial charge in [-0.05, 0) is 55.3 Å². The summed E-state index contributed by atoms with van der Waals surface area (Å²) in [5.74, 6) is -0.390. The van der Waals surface area contributed by atoms with Crippen molar-refractivity contribution in [3.8, 4) is 11.3 Å². The van der Waals surface area contributed by atoms with E-state index in [1.165, 1.54) is 17.4 Å². The lowest BCUT2D eigenvalue weighted by Crippen LogP contribution is -2.30. The second-order valence-electron chi connectivity index (χ2n) is 9.30. The molecule has 0 saturated carbocycles. The predicted octanol–water partition coefficient (Wildman–Crippen LogP) is 4.74. The summed E-state index contributed by atoms with van der Waals surface area (Å²) in [6.07, 6.45) is 0. The number of hydrogen-bond acceptors (Lipinski definition) is 7. The minimum absolute atomic E-state index is 0.0679. The van der Waals surface area contributed by atoms with Crippen LogP contribution in [0.25, 0.3) is 21.3 Å². The fourth-order valence-corrected chi connectivity index (χ4v) is 5.57. The summed E-state index contributed by atoms with van der Waals surface area (Å²) in [6, 6.07) is 15.9. The second kappa shape index (κ2) is 9.51. The maximum absolute atomic E-state index is 14.9. The van der Waals surface area contributed by atoms with Crippen molar-refractivity contribution in [2.45, 2.75) is 20.0 Å². The molecule has 1 amide bonds. The molecule has 3 aromatic heterocycles. The van der Waals surface area contributed by atoms with Crippen molar-refractivity contribution in [3.05, 3.63) is 86.9 Å². The molecule has 4 heterocycles. The van der Waals surface area contributed by atoms with Crippen molar-refractivity contribution < 1.29 is 9.18 Å². The van der Waals surface area contributed by atoms with Gasteiger partial charge in [0.2, 0.25) is 0 Å². The quantitative estimate of drug-likeness (QED) is 0.304. The lowest BCUT2D eigenvalue weighted by atomic mass is 10.0. The van der Waals surface area contributed by atoms with Gasteiger partial charge in [-0.15, -0.1) is 11.3 Å². The topological polar surface area (TPSA) is 108 Å². The summed E-state index contributed by atoms with van der Waals surface area (Å²) in [5, 5.41) is 18.0. The highest BCUT2D eigenvalue weighted by Crippen LogP contribution is 2.32. The molecule has 2 aromatic carbocycles. The Morgan fingerprint density at radius 1 is 1.13 bits per heavy atom. The van der Waals surface area contributed by atoms with E-state index in [9.17, 15) is 14.0 Å². The molecule has 5 aromatic rings. The van der Waals surface area contributed by atoms with Gasteiger partial charge in [0.25, 0.3) is 11.5 Å². The Kier molecular flexibility index (Phi) is 6.01. The maximum Gasteiger partial charge on any atom is 0.287 e. The van der Waals surface area contributed by atoms with Crippen molar-refractivity contribution in [3.63, 3.8) is 0 Å². The number of carbonyl (C=O) groups is 1. The predicted molar refractivity (Wildman–Crippen MR) is 147 cm³/mol. The van der Waals surface area contributed by atoms with Crippen LogP contribution in [0, 0.1) is 12.7 Å². The van der Waals surface area contributed by atoms with Crippen LogP contribution in [-0.2, 0) is 13.1 Å². The minimum atomic E-state index is -0.558. The van der Waals surface area contributed by atoms with Gasteiger partial charge in [-0.25, -0.2) is 9.49 Å². The number of nitrogens with zero attached hydrogens (tertiary/aromatic N) is 4. The molecule has 0 atom stereocenters. The van der Waals surface area contributed by atoms with Gasteiger partial charge in [-0.2, -0.15) is 10.2 Å². The zero-order valence-corrected chi connectivity index (χ0v) is 21.5. The Bertz CT molecular complexity index is 1720. The van der Waals surface area contributed by atoms with Crippen molar-refractivity contribution >= 4 is 44.5 Å². The fourth-order valence-electron chi connectivity index (χ4n) is 4.61. The van der Waals surface area contributed by atoms with E-state index < -0.39 is 17.3 Å². The lowest BCUT2D eigenvalue weighted by molar-refractivity contribution is 0.103. The number of anilines is 3. The van der Waals surface area contributed by atoms with Crippen molar-refractivity contribution in [1.29, 1.82) is 0 Å². The van der Waals surface area contributed by atoms with Gasteiger partial charge in [0, 0.05) is 29.4 Å². The number of amides is 1. The van der Waals surface area contributed by atoms with E-state index in [1.54, 1.807) is 25.1 Å². The Morgan fingerprint density at radius 3 is 2.82 bits per heavy atom. The van der Waals surface area contributed by atoms with Crippen LogP contribution in [0.2, 0.25) is 0 Å². The smallest absolute Gasteiger partial charge is 0.287 e. The molecule has 0 fully saturated rings. The zero-order valence-electron chi connectivity index (χ0n) is 20.7. The normalized spacial score (nSPS) is 13.4. The summed E-state index contributed by atoms with van der Waals surface area (Å²) in [6.45, 7) is 4.16. The summed E-state index contributed by atoms with van der Waals surface area (Å²) in [7, 11) is 2.05. The summed E-state index contributed by atoms with van der Waals surface area (Å²) in [5.41, 5.74) is 2.46. The van der Waals surface area contributed by atoms with Crippen molar-refractivity contribution in [1.82, 2.24) is 24.9 Å². The third-order valence-electron chi connectivity index (χ3n) is 6.63. The number of likely N-dealkylation sites (N-methyl/N-ethyl adjacent to an activating group) is 1. The molecule has 0 spiro atoms. The molecule has 9 nitrogen and oxygen atoms in total. The van der Waals surface area contributed by atoms with E-state index in [4.69, 9.17) is 0 Å². The number of aromatic nitrogens is 4. The number of halogens is 1. The van der Waals surface area contributed by atoms with Crippen LogP contribution in [0.3, 0.4) is 0 Å². The molecule has 6 rings (SSSR count). The number of nitrogens with one attached hydrogen (secondary N) is 3. The molecule has 3 N–H and O–H groups in total. The third-order valence-corrected chi connectivity index (χ3v) is 7.75. The number of benzene rings is 2. The molecule has 0 aliphatic carbocycles. The van der Waals surface area contributed by atoms with Crippen LogP contribution in [0.15, 0.2) is 59.4 Å². The number of rotatable bonds is 5. The highest BCUT2D eigenvalue weighted by atomic mass is 32.1. The highest BCUT2D eigenvalue weighted by Gasteiger charge is 2.19. The molecule has 0 unspecified atom stereocenters. The van der Waals surface area contributed by atoms with E-state index in [0.717, 1.165) is 35.4 Å². The fraction of sp³-hybridized carbons (Fsp3) is 0.185. The minimum Gasteiger partial charge on any atom is -0.334 e. The molecule has 0 saturated heterocycles.